The lowest BCUT2D eigenvalue weighted by molar-refractivity contribution is -0.124. The van der Waals surface area contributed by atoms with Crippen molar-refractivity contribution in [3.05, 3.63) is 106 Å². The first-order chi connectivity index (χ1) is 16.8. The van der Waals surface area contributed by atoms with Gasteiger partial charge in [-0.25, -0.2) is 0 Å². The highest BCUT2D eigenvalue weighted by Crippen LogP contribution is 2.43. The molecule has 0 aliphatic carbocycles. The first-order valence-electron chi connectivity index (χ1n) is 12.3. The van der Waals surface area contributed by atoms with Gasteiger partial charge in [-0.3, -0.25) is 9.69 Å². The largest absolute Gasteiger partial charge is 0.352 e. The zero-order chi connectivity index (χ0) is 25.4. The first-order valence-corrected chi connectivity index (χ1v) is 13.1. The molecule has 35 heavy (non-hydrogen) atoms. The molecule has 1 N–H and O–H groups in total. The van der Waals surface area contributed by atoms with Gasteiger partial charge in [-0.1, -0.05) is 97.4 Å². The third-order valence-electron chi connectivity index (χ3n) is 6.74. The number of amides is 1. The highest BCUT2D eigenvalue weighted by molar-refractivity contribution is 6.32. The SMILES string of the molecule is C=C(/C=C\C=C/C)CNC(=O)C(C)CC1CCC(C)N1C(c1ccccc1Cl)c1ccccc1Cl. The topological polar surface area (TPSA) is 32.3 Å². The number of benzene rings is 2. The van der Waals surface area contributed by atoms with Crippen molar-refractivity contribution in [2.24, 2.45) is 5.92 Å². The Morgan fingerprint density at radius 1 is 1.09 bits per heavy atom. The number of carbonyl (C=O) groups is 1. The quantitative estimate of drug-likeness (QED) is 0.331. The maximum Gasteiger partial charge on any atom is 0.223 e. The smallest absolute Gasteiger partial charge is 0.223 e. The number of nitrogens with zero attached hydrogens (tertiary/aromatic N) is 1. The van der Waals surface area contributed by atoms with Crippen molar-refractivity contribution >= 4 is 29.1 Å². The minimum Gasteiger partial charge on any atom is -0.352 e. The molecule has 1 amide bonds. The molecule has 1 saturated heterocycles. The van der Waals surface area contributed by atoms with Crippen LogP contribution in [0.5, 0.6) is 0 Å². The zero-order valence-electron chi connectivity index (χ0n) is 20.9. The molecule has 0 aromatic heterocycles. The second-order valence-electron chi connectivity index (χ2n) is 9.37. The van der Waals surface area contributed by atoms with Crippen molar-refractivity contribution in [3.63, 3.8) is 0 Å². The molecule has 3 nitrogen and oxygen atoms in total. The van der Waals surface area contributed by atoms with Crippen LogP contribution in [0.2, 0.25) is 10.0 Å². The fourth-order valence-corrected chi connectivity index (χ4v) is 5.41. The second-order valence-corrected chi connectivity index (χ2v) is 10.2. The van der Waals surface area contributed by atoms with Gasteiger partial charge < -0.3 is 5.32 Å². The van der Waals surface area contributed by atoms with Gasteiger partial charge in [0.15, 0.2) is 0 Å². The van der Waals surface area contributed by atoms with Gasteiger partial charge in [-0.05, 0) is 61.9 Å². The highest BCUT2D eigenvalue weighted by atomic mass is 35.5. The lowest BCUT2D eigenvalue weighted by atomic mass is 9.93. The predicted molar refractivity (Wildman–Crippen MR) is 149 cm³/mol. The average molecular weight is 512 g/mol. The van der Waals surface area contributed by atoms with Gasteiger partial charge in [0.1, 0.15) is 0 Å². The van der Waals surface area contributed by atoms with Gasteiger partial charge in [0.2, 0.25) is 5.91 Å². The van der Waals surface area contributed by atoms with Gasteiger partial charge in [-0.15, -0.1) is 0 Å². The molecular weight excluding hydrogens is 475 g/mol. The van der Waals surface area contributed by atoms with Gasteiger partial charge in [-0.2, -0.15) is 0 Å². The van der Waals surface area contributed by atoms with E-state index in [-0.39, 0.29) is 23.9 Å². The fourth-order valence-electron chi connectivity index (χ4n) is 4.93. The van der Waals surface area contributed by atoms with Crippen LogP contribution in [0.4, 0.5) is 0 Å². The van der Waals surface area contributed by atoms with Crippen molar-refractivity contribution < 1.29 is 4.79 Å². The van der Waals surface area contributed by atoms with Crippen LogP contribution in [0, 0.1) is 5.92 Å². The first kappa shape index (κ1) is 27.3. The molecule has 1 fully saturated rings. The Morgan fingerprint density at radius 3 is 2.26 bits per heavy atom. The zero-order valence-corrected chi connectivity index (χ0v) is 22.4. The Hall–Kier alpha value is -2.33. The molecule has 186 valence electrons. The summed E-state index contributed by atoms with van der Waals surface area (Å²) in [6.07, 6.45) is 10.6. The monoisotopic (exact) mass is 510 g/mol. The molecule has 3 unspecified atom stereocenters. The van der Waals surface area contributed by atoms with Crippen molar-refractivity contribution in [2.45, 2.75) is 58.2 Å². The van der Waals surface area contributed by atoms with Gasteiger partial charge >= 0.3 is 0 Å². The van der Waals surface area contributed by atoms with Crippen LogP contribution < -0.4 is 5.32 Å². The number of nitrogens with one attached hydrogen (secondary N) is 1. The van der Waals surface area contributed by atoms with Crippen molar-refractivity contribution in [3.8, 4) is 0 Å². The summed E-state index contributed by atoms with van der Waals surface area (Å²) in [6, 6.07) is 16.5. The molecule has 2 aromatic rings. The van der Waals surface area contributed by atoms with E-state index in [2.05, 4.69) is 35.9 Å². The van der Waals surface area contributed by atoms with E-state index in [4.69, 9.17) is 23.2 Å². The maximum atomic E-state index is 12.9. The van der Waals surface area contributed by atoms with Gasteiger partial charge in [0.05, 0.1) is 6.04 Å². The maximum absolute atomic E-state index is 12.9. The lowest BCUT2D eigenvalue weighted by Gasteiger charge is -2.38. The Kier molecular flexibility index (Phi) is 10.2. The number of rotatable bonds is 10. The Balaban J connectivity index is 1.80. The fraction of sp³-hybridized carbons (Fsp3) is 0.367. The van der Waals surface area contributed by atoms with Crippen LogP contribution in [0.25, 0.3) is 0 Å². The molecule has 2 aromatic carbocycles. The third-order valence-corrected chi connectivity index (χ3v) is 7.43. The minimum atomic E-state index is -0.127. The summed E-state index contributed by atoms with van der Waals surface area (Å²) in [5.41, 5.74) is 2.96. The summed E-state index contributed by atoms with van der Waals surface area (Å²) >= 11 is 13.4. The summed E-state index contributed by atoms with van der Waals surface area (Å²) in [5.74, 6) is -0.0737. The van der Waals surface area contributed by atoms with Crippen LogP contribution in [0.15, 0.2) is 85.0 Å². The van der Waals surface area contributed by atoms with Gasteiger partial charge in [0.25, 0.3) is 0 Å². The molecule has 1 aliphatic rings. The summed E-state index contributed by atoms with van der Waals surface area (Å²) in [6.45, 7) is 10.7. The molecule has 0 spiro atoms. The average Bonchev–Trinajstić information content (AvgIpc) is 3.19. The van der Waals surface area contributed by atoms with Crippen LogP contribution in [-0.4, -0.2) is 29.4 Å². The van der Waals surface area contributed by atoms with Crippen LogP contribution >= 0.6 is 23.2 Å². The second kappa shape index (κ2) is 13.1. The predicted octanol–water partition coefficient (Wildman–Crippen LogP) is 7.77. The van der Waals surface area contributed by atoms with Crippen LogP contribution in [0.3, 0.4) is 0 Å². The molecule has 0 saturated carbocycles. The summed E-state index contributed by atoms with van der Waals surface area (Å²) < 4.78 is 0. The Bertz CT molecular complexity index is 1030. The standard InChI is InChI=1S/C30H36Cl2N2O/c1-5-6-7-12-21(2)20-33-30(35)22(3)19-24-18-17-23(4)34(24)29(25-13-8-10-15-27(25)31)26-14-9-11-16-28(26)32/h5-16,22-24,29H,2,17-20H2,1,3-4H3,(H,33,35)/b6-5-,12-7-. The number of halogens is 2. The Labute approximate surface area is 220 Å². The molecule has 0 radical (unpaired) electrons. The number of allylic oxidation sites excluding steroid dienone is 3. The van der Waals surface area contributed by atoms with E-state index in [0.717, 1.165) is 46.0 Å². The van der Waals surface area contributed by atoms with E-state index in [0.29, 0.717) is 12.6 Å². The number of carbonyl (C=O) groups excluding carboxylic acids is 1. The molecule has 1 heterocycles. The van der Waals surface area contributed by atoms with E-state index in [1.54, 1.807) is 0 Å². The molecule has 3 rings (SSSR count). The number of hydrogen-bond acceptors (Lipinski definition) is 2. The molecule has 3 atom stereocenters. The summed E-state index contributed by atoms with van der Waals surface area (Å²) in [4.78, 5) is 15.4. The number of hydrogen-bond donors (Lipinski definition) is 1. The van der Waals surface area contributed by atoms with Crippen molar-refractivity contribution in [1.29, 1.82) is 0 Å². The number of likely N-dealkylation sites (tertiary alicyclic amines) is 1. The van der Waals surface area contributed by atoms with E-state index in [1.807, 2.05) is 74.5 Å². The third kappa shape index (κ3) is 7.10. The summed E-state index contributed by atoms with van der Waals surface area (Å²) in [7, 11) is 0. The van der Waals surface area contributed by atoms with Crippen LogP contribution in [-0.2, 0) is 4.79 Å². The summed E-state index contributed by atoms with van der Waals surface area (Å²) in [5, 5.41) is 4.50. The lowest BCUT2D eigenvalue weighted by Crippen LogP contribution is -2.41. The molecule has 0 bridgehead atoms. The molecule has 1 aliphatic heterocycles. The van der Waals surface area contributed by atoms with Gasteiger partial charge in [0, 0.05) is 34.6 Å². The van der Waals surface area contributed by atoms with E-state index in [9.17, 15) is 4.79 Å². The van der Waals surface area contributed by atoms with Crippen molar-refractivity contribution in [1.82, 2.24) is 10.2 Å². The molecule has 5 heteroatoms. The minimum absolute atomic E-state index is 0.0529. The highest BCUT2D eigenvalue weighted by Gasteiger charge is 2.39. The Morgan fingerprint density at radius 2 is 1.69 bits per heavy atom. The van der Waals surface area contributed by atoms with E-state index in [1.165, 1.54) is 0 Å². The van der Waals surface area contributed by atoms with Crippen LogP contribution in [0.1, 0.15) is 57.2 Å². The molecular formula is C30H36Cl2N2O. The van der Waals surface area contributed by atoms with E-state index >= 15 is 0 Å². The van der Waals surface area contributed by atoms with E-state index < -0.39 is 0 Å². The van der Waals surface area contributed by atoms with Crippen molar-refractivity contribution in [2.75, 3.05) is 6.54 Å². The normalized spacial score (nSPS) is 19.6.